The van der Waals surface area contributed by atoms with Crippen molar-refractivity contribution in [1.29, 1.82) is 0 Å². The third-order valence-corrected chi connectivity index (χ3v) is 6.72. The van der Waals surface area contributed by atoms with Gasteiger partial charge in [0.15, 0.2) is 0 Å². The molecule has 2 heterocycles. The van der Waals surface area contributed by atoms with Crippen molar-refractivity contribution in [1.82, 2.24) is 19.8 Å². The van der Waals surface area contributed by atoms with E-state index in [1.165, 1.54) is 11.1 Å². The molecule has 5 heteroatoms. The van der Waals surface area contributed by atoms with E-state index < -0.39 is 6.10 Å². The fourth-order valence-corrected chi connectivity index (χ4v) is 4.95. The van der Waals surface area contributed by atoms with Crippen LogP contribution in [0.2, 0.25) is 0 Å². The maximum Gasteiger partial charge on any atom is 0.137 e. The summed E-state index contributed by atoms with van der Waals surface area (Å²) in [5.74, 6) is 0.811. The first-order chi connectivity index (χ1) is 16.7. The van der Waals surface area contributed by atoms with Gasteiger partial charge in [0.1, 0.15) is 11.9 Å². The van der Waals surface area contributed by atoms with Gasteiger partial charge >= 0.3 is 0 Å². The number of nitrogens with zero attached hydrogens (tertiary/aromatic N) is 3. The van der Waals surface area contributed by atoms with E-state index in [4.69, 9.17) is 4.98 Å². The van der Waals surface area contributed by atoms with Gasteiger partial charge in [0, 0.05) is 44.0 Å². The van der Waals surface area contributed by atoms with Crippen LogP contribution in [0.3, 0.4) is 0 Å². The highest BCUT2D eigenvalue weighted by atomic mass is 16.3. The summed E-state index contributed by atoms with van der Waals surface area (Å²) in [5.41, 5.74) is 5.35. The number of β-amino-alcohol motifs (C(OH)–C–C–N with tert-alkyl or cyclic N) is 1. The first kappa shape index (κ1) is 22.5. The Balaban J connectivity index is 1.25. The van der Waals surface area contributed by atoms with Crippen LogP contribution < -0.4 is 0 Å². The zero-order valence-electron chi connectivity index (χ0n) is 19.6. The molecular formula is C29H32N4O. The number of nitrogens with one attached hydrogen (secondary N) is 1. The van der Waals surface area contributed by atoms with Crippen molar-refractivity contribution in [2.75, 3.05) is 32.7 Å². The third kappa shape index (κ3) is 4.97. The van der Waals surface area contributed by atoms with Gasteiger partial charge in [0.05, 0.1) is 11.7 Å². The average molecular weight is 453 g/mol. The van der Waals surface area contributed by atoms with Gasteiger partial charge in [0.25, 0.3) is 0 Å². The quantitative estimate of drug-likeness (QED) is 0.422. The number of imidazole rings is 1. The molecule has 174 valence electrons. The lowest BCUT2D eigenvalue weighted by Gasteiger charge is -2.40. The van der Waals surface area contributed by atoms with E-state index in [1.54, 1.807) is 0 Å². The van der Waals surface area contributed by atoms with Crippen LogP contribution in [0.15, 0.2) is 91.0 Å². The lowest BCUT2D eigenvalue weighted by molar-refractivity contribution is 0.0606. The van der Waals surface area contributed by atoms with E-state index in [1.807, 2.05) is 37.3 Å². The highest BCUT2D eigenvalue weighted by molar-refractivity contribution is 5.55. The number of aromatic nitrogens is 2. The van der Waals surface area contributed by atoms with Gasteiger partial charge in [-0.2, -0.15) is 0 Å². The Morgan fingerprint density at radius 3 is 1.88 bits per heavy atom. The van der Waals surface area contributed by atoms with Gasteiger partial charge in [-0.1, -0.05) is 91.0 Å². The fourth-order valence-electron chi connectivity index (χ4n) is 4.95. The third-order valence-electron chi connectivity index (χ3n) is 6.72. The van der Waals surface area contributed by atoms with Crippen LogP contribution in [0.1, 0.15) is 34.7 Å². The summed E-state index contributed by atoms with van der Waals surface area (Å²) in [5, 5.41) is 11.0. The van der Waals surface area contributed by atoms with E-state index >= 15 is 0 Å². The molecule has 0 spiro atoms. The van der Waals surface area contributed by atoms with Crippen LogP contribution >= 0.6 is 0 Å². The van der Waals surface area contributed by atoms with Gasteiger partial charge in [0.2, 0.25) is 0 Å². The SMILES string of the molecule is Cc1[nH]c(-c2ccccc2)nc1C(O)CN1CCN(C(c2ccccc2)c2ccccc2)CC1. The van der Waals surface area contributed by atoms with Gasteiger partial charge < -0.3 is 10.1 Å². The molecule has 0 saturated carbocycles. The maximum atomic E-state index is 11.0. The van der Waals surface area contributed by atoms with E-state index in [9.17, 15) is 5.11 Å². The minimum Gasteiger partial charge on any atom is -0.385 e. The number of aliphatic hydroxyl groups is 1. The zero-order valence-corrected chi connectivity index (χ0v) is 19.6. The van der Waals surface area contributed by atoms with Crippen LogP contribution in [0.25, 0.3) is 11.4 Å². The lowest BCUT2D eigenvalue weighted by atomic mass is 9.96. The van der Waals surface area contributed by atoms with Gasteiger partial charge in [-0.15, -0.1) is 0 Å². The highest BCUT2D eigenvalue weighted by Crippen LogP contribution is 2.30. The van der Waals surface area contributed by atoms with Crippen LogP contribution in [0, 0.1) is 6.92 Å². The lowest BCUT2D eigenvalue weighted by Crippen LogP contribution is -2.48. The molecule has 5 rings (SSSR count). The number of hydrogen-bond donors (Lipinski definition) is 2. The van der Waals surface area contributed by atoms with Crippen LogP contribution in [-0.2, 0) is 0 Å². The van der Waals surface area contributed by atoms with Crippen LogP contribution in [-0.4, -0.2) is 57.6 Å². The highest BCUT2D eigenvalue weighted by Gasteiger charge is 2.28. The predicted octanol–water partition coefficient (Wildman–Crippen LogP) is 4.83. The van der Waals surface area contributed by atoms with E-state index in [-0.39, 0.29) is 6.04 Å². The summed E-state index contributed by atoms with van der Waals surface area (Å²) < 4.78 is 0. The van der Waals surface area contributed by atoms with Crippen molar-refractivity contribution in [2.24, 2.45) is 0 Å². The molecule has 0 aliphatic carbocycles. The second kappa shape index (κ2) is 10.3. The Morgan fingerprint density at radius 1 is 0.794 bits per heavy atom. The molecule has 1 saturated heterocycles. The minimum atomic E-state index is -0.612. The first-order valence-electron chi connectivity index (χ1n) is 12.1. The molecule has 2 N–H and O–H groups in total. The summed E-state index contributed by atoms with van der Waals surface area (Å²) in [4.78, 5) is 13.0. The molecule has 1 aliphatic heterocycles. The van der Waals surface area contributed by atoms with Crippen LogP contribution in [0.4, 0.5) is 0 Å². The number of H-pyrrole nitrogens is 1. The molecule has 1 aromatic heterocycles. The number of aliphatic hydroxyl groups excluding tert-OH is 1. The topological polar surface area (TPSA) is 55.4 Å². The summed E-state index contributed by atoms with van der Waals surface area (Å²) in [6, 6.07) is 31.8. The Labute approximate surface area is 201 Å². The Kier molecular flexibility index (Phi) is 6.86. The molecule has 1 atom stereocenters. The average Bonchev–Trinajstić information content (AvgIpc) is 3.29. The van der Waals surface area contributed by atoms with E-state index in [0.29, 0.717) is 6.54 Å². The van der Waals surface area contributed by atoms with Gasteiger partial charge in [-0.3, -0.25) is 9.80 Å². The summed E-state index contributed by atoms with van der Waals surface area (Å²) in [6.07, 6.45) is -0.612. The number of aromatic amines is 1. The summed E-state index contributed by atoms with van der Waals surface area (Å²) in [7, 11) is 0. The molecule has 1 aliphatic rings. The van der Waals surface area contributed by atoms with Crippen LogP contribution in [0.5, 0.6) is 0 Å². The molecule has 0 amide bonds. The molecule has 0 radical (unpaired) electrons. The molecule has 5 nitrogen and oxygen atoms in total. The molecule has 1 fully saturated rings. The Hall–Kier alpha value is -3.25. The number of rotatable bonds is 7. The smallest absolute Gasteiger partial charge is 0.137 e. The number of benzene rings is 3. The molecule has 1 unspecified atom stereocenters. The predicted molar refractivity (Wildman–Crippen MR) is 136 cm³/mol. The van der Waals surface area contributed by atoms with Crippen molar-refractivity contribution >= 4 is 0 Å². The molecule has 0 bridgehead atoms. The second-order valence-electron chi connectivity index (χ2n) is 9.04. The van der Waals surface area contributed by atoms with Crippen molar-refractivity contribution < 1.29 is 5.11 Å². The normalized spacial score (nSPS) is 16.1. The second-order valence-corrected chi connectivity index (χ2v) is 9.04. The molecule has 3 aromatic carbocycles. The number of piperazine rings is 1. The van der Waals surface area contributed by atoms with E-state index in [2.05, 4.69) is 75.4 Å². The Bertz CT molecular complexity index is 1130. The van der Waals surface area contributed by atoms with Crippen molar-refractivity contribution in [2.45, 2.75) is 19.1 Å². The van der Waals surface area contributed by atoms with Gasteiger partial charge in [-0.05, 0) is 18.1 Å². The first-order valence-corrected chi connectivity index (χ1v) is 12.1. The standard InChI is InChI=1S/C29H32N4O/c1-22-27(31-29(30-22)25-15-9-4-10-16-25)26(34)21-32-17-19-33(20-18-32)28(23-11-5-2-6-12-23)24-13-7-3-8-14-24/h2-16,26,28,34H,17-21H2,1H3,(H,30,31). The number of hydrogen-bond acceptors (Lipinski definition) is 4. The fraction of sp³-hybridized carbons (Fsp3) is 0.276. The van der Waals surface area contributed by atoms with Crippen molar-refractivity contribution in [3.63, 3.8) is 0 Å². The monoisotopic (exact) mass is 452 g/mol. The summed E-state index contributed by atoms with van der Waals surface area (Å²) >= 11 is 0. The summed E-state index contributed by atoms with van der Waals surface area (Å²) in [6.45, 7) is 6.33. The Morgan fingerprint density at radius 2 is 1.32 bits per heavy atom. The minimum absolute atomic E-state index is 0.247. The maximum absolute atomic E-state index is 11.0. The molecule has 4 aromatic rings. The molecule has 34 heavy (non-hydrogen) atoms. The van der Waals surface area contributed by atoms with E-state index in [0.717, 1.165) is 49.0 Å². The molecular weight excluding hydrogens is 420 g/mol. The number of aryl methyl sites for hydroxylation is 1. The van der Waals surface area contributed by atoms with Crippen molar-refractivity contribution in [3.8, 4) is 11.4 Å². The van der Waals surface area contributed by atoms with Gasteiger partial charge in [-0.25, -0.2) is 4.98 Å². The van der Waals surface area contributed by atoms with Crippen molar-refractivity contribution in [3.05, 3.63) is 114 Å². The zero-order chi connectivity index (χ0) is 23.3. The largest absolute Gasteiger partial charge is 0.385 e.